The van der Waals surface area contributed by atoms with Crippen LogP contribution in [0.4, 0.5) is 4.39 Å². The summed E-state index contributed by atoms with van der Waals surface area (Å²) in [5.74, 6) is 0.216. The molecule has 0 amide bonds. The van der Waals surface area contributed by atoms with Crippen molar-refractivity contribution >= 4 is 11.6 Å². The summed E-state index contributed by atoms with van der Waals surface area (Å²) in [4.78, 5) is 8.46. The van der Waals surface area contributed by atoms with E-state index in [0.717, 1.165) is 5.56 Å². The van der Waals surface area contributed by atoms with E-state index < -0.39 is 0 Å². The molecule has 2 aromatic rings. The second kappa shape index (κ2) is 5.42. The van der Waals surface area contributed by atoms with Gasteiger partial charge in [-0.25, -0.2) is 14.4 Å². The van der Waals surface area contributed by atoms with Gasteiger partial charge in [-0.3, -0.25) is 0 Å². The molecule has 0 saturated heterocycles. The first-order valence-corrected chi connectivity index (χ1v) is 5.81. The molecule has 0 fully saturated rings. The number of halogens is 2. The minimum atomic E-state index is -0.288. The lowest BCUT2D eigenvalue weighted by molar-refractivity contribution is 0.112. The molecule has 0 unspecified atom stereocenters. The lowest BCUT2D eigenvalue weighted by Gasteiger charge is -2.10. The van der Waals surface area contributed by atoms with Gasteiger partial charge in [0.2, 0.25) is 0 Å². The number of hydrogen-bond acceptors (Lipinski definition) is 3. The van der Waals surface area contributed by atoms with E-state index in [4.69, 9.17) is 16.3 Å². The average molecular weight is 267 g/mol. The second-order valence-corrected chi connectivity index (χ2v) is 4.21. The number of nitrogens with zero attached hydrogens (tertiary/aromatic N) is 2. The van der Waals surface area contributed by atoms with Crippen molar-refractivity contribution in [1.82, 2.24) is 9.97 Å². The molecule has 18 heavy (non-hydrogen) atoms. The summed E-state index contributed by atoms with van der Waals surface area (Å²) < 4.78 is 18.0. The quantitative estimate of drug-likeness (QED) is 0.796. The molecule has 0 saturated carbocycles. The van der Waals surface area contributed by atoms with Crippen LogP contribution in [0.25, 0.3) is 11.3 Å². The molecule has 0 bridgehead atoms. The van der Waals surface area contributed by atoms with Crippen molar-refractivity contribution in [2.24, 2.45) is 0 Å². The highest BCUT2D eigenvalue weighted by Gasteiger charge is 2.11. The van der Waals surface area contributed by atoms with Gasteiger partial charge >= 0.3 is 0 Å². The van der Waals surface area contributed by atoms with Crippen LogP contribution in [0.5, 0.6) is 0 Å². The monoisotopic (exact) mass is 266 g/mol. The van der Waals surface area contributed by atoms with Crippen molar-refractivity contribution < 1.29 is 9.13 Å². The first-order chi connectivity index (χ1) is 8.60. The molecule has 94 valence electrons. The van der Waals surface area contributed by atoms with E-state index in [2.05, 4.69) is 9.97 Å². The highest BCUT2D eigenvalue weighted by Crippen LogP contribution is 2.23. The number of methoxy groups -OCH3 is 1. The number of hydrogen-bond donors (Lipinski definition) is 0. The normalized spacial score (nSPS) is 12.4. The van der Waals surface area contributed by atoms with Crippen molar-refractivity contribution in [1.29, 1.82) is 0 Å². The summed E-state index contributed by atoms with van der Waals surface area (Å²) in [5.41, 5.74) is 1.43. The SMILES string of the molecule is CO[C@H](C)c1nc(Cl)cc(-c2ccc(F)cc2)n1. The van der Waals surface area contributed by atoms with Crippen molar-refractivity contribution in [3.63, 3.8) is 0 Å². The largest absolute Gasteiger partial charge is 0.374 e. The van der Waals surface area contributed by atoms with Crippen molar-refractivity contribution in [2.75, 3.05) is 7.11 Å². The van der Waals surface area contributed by atoms with Crippen LogP contribution in [-0.4, -0.2) is 17.1 Å². The Balaban J connectivity index is 2.44. The van der Waals surface area contributed by atoms with Crippen molar-refractivity contribution in [2.45, 2.75) is 13.0 Å². The summed E-state index contributed by atoms with van der Waals surface area (Å²) in [6, 6.07) is 7.70. The summed E-state index contributed by atoms with van der Waals surface area (Å²) in [7, 11) is 1.58. The molecule has 5 heteroatoms. The fourth-order valence-corrected chi connectivity index (χ4v) is 1.68. The molecule has 0 spiro atoms. The third-order valence-electron chi connectivity index (χ3n) is 2.57. The molecule has 0 aliphatic heterocycles. The molecule has 1 aromatic carbocycles. The van der Waals surface area contributed by atoms with Crippen LogP contribution >= 0.6 is 11.6 Å². The zero-order valence-corrected chi connectivity index (χ0v) is 10.8. The smallest absolute Gasteiger partial charge is 0.159 e. The fraction of sp³-hybridized carbons (Fsp3) is 0.231. The minimum absolute atomic E-state index is 0.247. The Hall–Kier alpha value is -1.52. The third kappa shape index (κ3) is 2.83. The maximum atomic E-state index is 12.9. The Bertz CT molecular complexity index is 545. The molecular formula is C13H12ClFN2O. The van der Waals surface area contributed by atoms with Crippen molar-refractivity contribution in [3.05, 3.63) is 47.1 Å². The van der Waals surface area contributed by atoms with Gasteiger partial charge in [-0.05, 0) is 31.2 Å². The van der Waals surface area contributed by atoms with Crippen LogP contribution in [-0.2, 0) is 4.74 Å². The predicted molar refractivity (Wildman–Crippen MR) is 67.9 cm³/mol. The molecule has 0 aliphatic carbocycles. The van der Waals surface area contributed by atoms with E-state index in [9.17, 15) is 4.39 Å². The Morgan fingerprint density at radius 2 is 1.89 bits per heavy atom. The van der Waals surface area contributed by atoms with Crippen LogP contribution in [0, 0.1) is 5.82 Å². The molecule has 0 radical (unpaired) electrons. The zero-order valence-electron chi connectivity index (χ0n) is 10.0. The Labute approximate surface area is 110 Å². The van der Waals surface area contributed by atoms with Crippen LogP contribution in [0.2, 0.25) is 5.15 Å². The van der Waals surface area contributed by atoms with E-state index >= 15 is 0 Å². The Kier molecular flexibility index (Phi) is 3.89. The standard InChI is InChI=1S/C13H12ClFN2O/c1-8(18-2)13-16-11(7-12(14)17-13)9-3-5-10(15)6-4-9/h3-8H,1-2H3/t8-/m1/s1. The average Bonchev–Trinajstić information content (AvgIpc) is 2.38. The van der Waals surface area contributed by atoms with Gasteiger partial charge < -0.3 is 4.74 Å². The molecule has 1 aromatic heterocycles. The predicted octanol–water partition coefficient (Wildman–Crippen LogP) is 3.64. The zero-order chi connectivity index (χ0) is 13.1. The third-order valence-corrected chi connectivity index (χ3v) is 2.76. The van der Waals surface area contributed by atoms with E-state index in [1.165, 1.54) is 12.1 Å². The van der Waals surface area contributed by atoms with Gasteiger partial charge in [0, 0.05) is 18.7 Å². The highest BCUT2D eigenvalue weighted by molar-refractivity contribution is 6.29. The maximum absolute atomic E-state index is 12.9. The maximum Gasteiger partial charge on any atom is 0.159 e. The summed E-state index contributed by atoms with van der Waals surface area (Å²) >= 11 is 5.95. The molecule has 1 heterocycles. The van der Waals surface area contributed by atoms with Crippen molar-refractivity contribution in [3.8, 4) is 11.3 Å². The van der Waals surface area contributed by atoms with Crippen LogP contribution in [0.3, 0.4) is 0 Å². The van der Waals surface area contributed by atoms with Gasteiger partial charge in [-0.1, -0.05) is 11.6 Å². The lowest BCUT2D eigenvalue weighted by Crippen LogP contribution is -2.04. The Morgan fingerprint density at radius 1 is 1.22 bits per heavy atom. The van der Waals surface area contributed by atoms with Crippen LogP contribution < -0.4 is 0 Å². The van der Waals surface area contributed by atoms with E-state index in [-0.39, 0.29) is 11.9 Å². The van der Waals surface area contributed by atoms with Crippen LogP contribution in [0.1, 0.15) is 18.9 Å². The fourth-order valence-electron chi connectivity index (χ4n) is 1.49. The lowest BCUT2D eigenvalue weighted by atomic mass is 10.1. The van der Waals surface area contributed by atoms with Gasteiger partial charge in [0.15, 0.2) is 5.82 Å². The number of aromatic nitrogens is 2. The first kappa shape index (κ1) is 12.9. The second-order valence-electron chi connectivity index (χ2n) is 3.82. The molecule has 1 atom stereocenters. The van der Waals surface area contributed by atoms with Crippen LogP contribution in [0.15, 0.2) is 30.3 Å². The number of benzene rings is 1. The minimum Gasteiger partial charge on any atom is -0.374 e. The highest BCUT2D eigenvalue weighted by atomic mass is 35.5. The first-order valence-electron chi connectivity index (χ1n) is 5.43. The number of ether oxygens (including phenoxy) is 1. The van der Waals surface area contributed by atoms with Gasteiger partial charge in [0.1, 0.15) is 17.1 Å². The molecular weight excluding hydrogens is 255 g/mol. The molecule has 2 rings (SSSR count). The summed E-state index contributed by atoms with van der Waals surface area (Å²) in [6.45, 7) is 1.83. The van der Waals surface area contributed by atoms with Gasteiger partial charge in [0.25, 0.3) is 0 Å². The van der Waals surface area contributed by atoms with E-state index in [1.807, 2.05) is 6.92 Å². The number of rotatable bonds is 3. The molecule has 0 aliphatic rings. The summed E-state index contributed by atoms with van der Waals surface area (Å²) in [6.07, 6.45) is -0.247. The van der Waals surface area contributed by atoms with E-state index in [1.54, 1.807) is 25.3 Å². The molecule has 0 N–H and O–H groups in total. The van der Waals surface area contributed by atoms with E-state index in [0.29, 0.717) is 16.7 Å². The molecule has 3 nitrogen and oxygen atoms in total. The van der Waals surface area contributed by atoms with Gasteiger partial charge in [-0.2, -0.15) is 0 Å². The van der Waals surface area contributed by atoms with Gasteiger partial charge in [-0.15, -0.1) is 0 Å². The topological polar surface area (TPSA) is 35.0 Å². The summed E-state index contributed by atoms with van der Waals surface area (Å²) in [5, 5.41) is 0.336. The van der Waals surface area contributed by atoms with Gasteiger partial charge in [0.05, 0.1) is 5.69 Å². The Morgan fingerprint density at radius 3 is 2.50 bits per heavy atom.